The standard InChI is InChI=1S/C16H19NO4/c18-14(19)8-16(6-3-7-16)10-17-15(20)12-9-21-13-5-2-1-4-11(12)13/h1-2,4-5,12H,3,6-10H2,(H,17,20)(H,18,19). The second-order valence-electron chi connectivity index (χ2n) is 6.04. The van der Waals surface area contributed by atoms with Gasteiger partial charge in [-0.3, -0.25) is 9.59 Å². The number of carboxylic acid groups (broad SMARTS) is 1. The Morgan fingerprint density at radius 1 is 1.33 bits per heavy atom. The van der Waals surface area contributed by atoms with Crippen LogP contribution in [0.25, 0.3) is 0 Å². The zero-order chi connectivity index (χ0) is 14.9. The second kappa shape index (κ2) is 5.39. The topological polar surface area (TPSA) is 75.6 Å². The molecule has 5 heteroatoms. The Balaban J connectivity index is 1.61. The molecule has 3 rings (SSSR count). The largest absolute Gasteiger partial charge is 0.492 e. The van der Waals surface area contributed by atoms with Crippen LogP contribution >= 0.6 is 0 Å². The van der Waals surface area contributed by atoms with Crippen LogP contribution in [0.2, 0.25) is 0 Å². The van der Waals surface area contributed by atoms with E-state index in [4.69, 9.17) is 9.84 Å². The van der Waals surface area contributed by atoms with Gasteiger partial charge in [0.15, 0.2) is 0 Å². The highest BCUT2D eigenvalue weighted by atomic mass is 16.5. The van der Waals surface area contributed by atoms with E-state index in [1.807, 2.05) is 24.3 Å². The summed E-state index contributed by atoms with van der Waals surface area (Å²) in [6.07, 6.45) is 2.91. The van der Waals surface area contributed by atoms with Crippen molar-refractivity contribution >= 4 is 11.9 Å². The average molecular weight is 289 g/mol. The molecule has 0 aromatic heterocycles. The number of benzene rings is 1. The number of rotatable bonds is 5. The number of carbonyl (C=O) groups excluding carboxylic acids is 1. The van der Waals surface area contributed by atoms with Crippen LogP contribution in [0.3, 0.4) is 0 Å². The van der Waals surface area contributed by atoms with Crippen LogP contribution < -0.4 is 10.1 Å². The molecule has 2 N–H and O–H groups in total. The van der Waals surface area contributed by atoms with Gasteiger partial charge in [0.25, 0.3) is 0 Å². The number of carboxylic acids is 1. The summed E-state index contributed by atoms with van der Waals surface area (Å²) in [7, 11) is 0. The molecule has 1 atom stereocenters. The number of aliphatic carboxylic acids is 1. The van der Waals surface area contributed by atoms with E-state index in [1.54, 1.807) is 0 Å². The lowest BCUT2D eigenvalue weighted by molar-refractivity contribution is -0.142. The molecule has 21 heavy (non-hydrogen) atoms. The van der Waals surface area contributed by atoms with Gasteiger partial charge in [0.05, 0.1) is 6.42 Å². The molecule has 0 spiro atoms. The molecule has 0 bridgehead atoms. The summed E-state index contributed by atoms with van der Waals surface area (Å²) < 4.78 is 5.51. The lowest BCUT2D eigenvalue weighted by Crippen LogP contribution is -2.44. The van der Waals surface area contributed by atoms with Crippen molar-refractivity contribution < 1.29 is 19.4 Å². The lowest BCUT2D eigenvalue weighted by atomic mass is 9.66. The third kappa shape index (κ3) is 2.73. The van der Waals surface area contributed by atoms with E-state index in [0.29, 0.717) is 13.2 Å². The summed E-state index contributed by atoms with van der Waals surface area (Å²) >= 11 is 0. The Morgan fingerprint density at radius 2 is 2.10 bits per heavy atom. The quantitative estimate of drug-likeness (QED) is 0.868. The van der Waals surface area contributed by atoms with Crippen LogP contribution in [0.1, 0.15) is 37.2 Å². The summed E-state index contributed by atoms with van der Waals surface area (Å²) in [5.41, 5.74) is 0.663. The van der Waals surface area contributed by atoms with Crippen LogP contribution in [-0.2, 0) is 9.59 Å². The van der Waals surface area contributed by atoms with Crippen LogP contribution in [-0.4, -0.2) is 30.1 Å². The van der Waals surface area contributed by atoms with Crippen LogP contribution in [0.5, 0.6) is 5.75 Å². The molecule has 1 aromatic carbocycles. The van der Waals surface area contributed by atoms with E-state index >= 15 is 0 Å². The van der Waals surface area contributed by atoms with E-state index in [9.17, 15) is 9.59 Å². The highest BCUT2D eigenvalue weighted by molar-refractivity contribution is 5.85. The van der Waals surface area contributed by atoms with Crippen LogP contribution in [0.4, 0.5) is 0 Å². The normalized spacial score (nSPS) is 21.8. The molecule has 1 unspecified atom stereocenters. The van der Waals surface area contributed by atoms with E-state index in [2.05, 4.69) is 5.32 Å². The van der Waals surface area contributed by atoms with E-state index < -0.39 is 5.97 Å². The summed E-state index contributed by atoms with van der Waals surface area (Å²) in [5.74, 6) is -0.389. The van der Waals surface area contributed by atoms with Crippen LogP contribution in [0.15, 0.2) is 24.3 Å². The first-order chi connectivity index (χ1) is 10.1. The predicted octanol–water partition coefficient (Wildman–Crippen LogP) is 1.92. The molecule has 1 heterocycles. The fraction of sp³-hybridized carbons (Fsp3) is 0.500. The minimum atomic E-state index is -0.793. The van der Waals surface area contributed by atoms with Gasteiger partial charge in [-0.15, -0.1) is 0 Å². The van der Waals surface area contributed by atoms with Crippen molar-refractivity contribution in [3.8, 4) is 5.75 Å². The molecule has 0 saturated heterocycles. The van der Waals surface area contributed by atoms with E-state index in [1.165, 1.54) is 0 Å². The Morgan fingerprint density at radius 3 is 2.76 bits per heavy atom. The van der Waals surface area contributed by atoms with E-state index in [0.717, 1.165) is 30.6 Å². The molecule has 1 saturated carbocycles. The van der Waals surface area contributed by atoms with Crippen molar-refractivity contribution in [3.63, 3.8) is 0 Å². The first-order valence-electron chi connectivity index (χ1n) is 7.31. The van der Waals surface area contributed by atoms with Gasteiger partial charge in [0.2, 0.25) is 5.91 Å². The SMILES string of the molecule is O=C(O)CC1(CNC(=O)C2COc3ccccc32)CCC1. The van der Waals surface area contributed by atoms with Crippen molar-refractivity contribution in [1.82, 2.24) is 5.32 Å². The molecule has 112 valence electrons. The smallest absolute Gasteiger partial charge is 0.303 e. The second-order valence-corrected chi connectivity index (χ2v) is 6.04. The molecule has 0 radical (unpaired) electrons. The molecule has 5 nitrogen and oxygen atoms in total. The molecular weight excluding hydrogens is 270 g/mol. The molecule has 1 fully saturated rings. The molecule has 1 amide bonds. The molecule has 1 aromatic rings. The predicted molar refractivity (Wildman–Crippen MR) is 76.2 cm³/mol. The number of amides is 1. The van der Waals surface area contributed by atoms with Gasteiger partial charge in [-0.05, 0) is 24.3 Å². The molecule has 1 aliphatic carbocycles. The van der Waals surface area contributed by atoms with Gasteiger partial charge >= 0.3 is 5.97 Å². The van der Waals surface area contributed by atoms with Crippen molar-refractivity contribution in [3.05, 3.63) is 29.8 Å². The Bertz CT molecular complexity index is 565. The Kier molecular flexibility index (Phi) is 3.57. The Hall–Kier alpha value is -2.04. The molecule has 2 aliphatic rings. The average Bonchev–Trinajstić information content (AvgIpc) is 2.85. The van der Waals surface area contributed by atoms with Crippen LogP contribution in [0, 0.1) is 5.41 Å². The number of fused-ring (bicyclic) bond motifs is 1. The van der Waals surface area contributed by atoms with E-state index in [-0.39, 0.29) is 23.7 Å². The fourth-order valence-corrected chi connectivity index (χ4v) is 3.19. The minimum absolute atomic E-state index is 0.0726. The number of ether oxygens (including phenoxy) is 1. The summed E-state index contributed by atoms with van der Waals surface area (Å²) in [5, 5.41) is 11.9. The first kappa shape index (κ1) is 13.9. The number of nitrogens with one attached hydrogen (secondary N) is 1. The Labute approximate surface area is 123 Å². The van der Waals surface area contributed by atoms with Gasteiger partial charge in [-0.25, -0.2) is 0 Å². The summed E-state index contributed by atoms with van der Waals surface area (Å²) in [6, 6.07) is 7.55. The van der Waals surface area contributed by atoms with Crippen molar-refractivity contribution in [2.24, 2.45) is 5.41 Å². The lowest BCUT2D eigenvalue weighted by Gasteiger charge is -2.41. The first-order valence-corrected chi connectivity index (χ1v) is 7.31. The van der Waals surface area contributed by atoms with Crippen molar-refractivity contribution in [2.45, 2.75) is 31.6 Å². The van der Waals surface area contributed by atoms with Gasteiger partial charge in [-0.1, -0.05) is 24.6 Å². The molecular formula is C16H19NO4. The third-order valence-electron chi connectivity index (χ3n) is 4.59. The third-order valence-corrected chi connectivity index (χ3v) is 4.59. The van der Waals surface area contributed by atoms with Gasteiger partial charge in [0, 0.05) is 12.1 Å². The van der Waals surface area contributed by atoms with Crippen molar-refractivity contribution in [1.29, 1.82) is 0 Å². The maximum Gasteiger partial charge on any atom is 0.303 e. The van der Waals surface area contributed by atoms with Gasteiger partial charge in [-0.2, -0.15) is 0 Å². The summed E-state index contributed by atoms with van der Waals surface area (Å²) in [4.78, 5) is 23.3. The number of hydrogen-bond donors (Lipinski definition) is 2. The van der Waals surface area contributed by atoms with Crippen molar-refractivity contribution in [2.75, 3.05) is 13.2 Å². The van der Waals surface area contributed by atoms with Gasteiger partial charge in [0.1, 0.15) is 18.3 Å². The maximum atomic E-state index is 12.3. The minimum Gasteiger partial charge on any atom is -0.492 e. The zero-order valence-corrected chi connectivity index (χ0v) is 11.8. The molecule has 1 aliphatic heterocycles. The summed E-state index contributed by atoms with van der Waals surface area (Å²) in [6.45, 7) is 0.800. The van der Waals surface area contributed by atoms with Gasteiger partial charge < -0.3 is 15.2 Å². The maximum absolute atomic E-state index is 12.3. The monoisotopic (exact) mass is 289 g/mol. The number of carbonyl (C=O) groups is 2. The highest BCUT2D eigenvalue weighted by Gasteiger charge is 2.40. The highest BCUT2D eigenvalue weighted by Crippen LogP contribution is 2.43. The number of hydrogen-bond acceptors (Lipinski definition) is 3. The zero-order valence-electron chi connectivity index (χ0n) is 11.8. The fourth-order valence-electron chi connectivity index (χ4n) is 3.19. The number of para-hydroxylation sites is 1.